The van der Waals surface area contributed by atoms with Crippen LogP contribution in [0.3, 0.4) is 0 Å². The lowest BCUT2D eigenvalue weighted by atomic mass is 10.0. The van der Waals surface area contributed by atoms with Gasteiger partial charge in [-0.3, -0.25) is 9.29 Å². The average Bonchev–Trinajstić information content (AvgIpc) is 2.71. The third-order valence-electron chi connectivity index (χ3n) is 5.54. The van der Waals surface area contributed by atoms with E-state index in [2.05, 4.69) is 16.6 Å². The average molecular weight is 491 g/mol. The highest BCUT2D eigenvalue weighted by Crippen LogP contribution is 2.40. The number of anilines is 1. The Hall–Kier alpha value is -0.950. The SMILES string of the molecule is CCCCCCCCCCCCCCCCCS(=O)(=O)Nc1ncccc1CP(=O)(O)O. The van der Waals surface area contributed by atoms with Gasteiger partial charge in [0.2, 0.25) is 10.0 Å². The zero-order chi connectivity index (χ0) is 23.7. The molecule has 3 N–H and O–H groups in total. The molecule has 1 aromatic rings. The van der Waals surface area contributed by atoms with Crippen molar-refractivity contribution in [2.24, 2.45) is 0 Å². The Bertz CT molecular complexity index is 767. The van der Waals surface area contributed by atoms with Gasteiger partial charge >= 0.3 is 7.60 Å². The largest absolute Gasteiger partial charge is 0.330 e. The van der Waals surface area contributed by atoms with E-state index in [0.29, 0.717) is 6.42 Å². The van der Waals surface area contributed by atoms with Crippen LogP contribution in [0.15, 0.2) is 18.3 Å². The van der Waals surface area contributed by atoms with E-state index in [1.165, 1.54) is 89.0 Å². The van der Waals surface area contributed by atoms with Crippen molar-refractivity contribution in [3.05, 3.63) is 23.9 Å². The van der Waals surface area contributed by atoms with Crippen LogP contribution in [0.4, 0.5) is 5.82 Å². The second-order valence-corrected chi connectivity index (χ2v) is 12.2. The molecule has 186 valence electrons. The van der Waals surface area contributed by atoms with E-state index in [4.69, 9.17) is 9.79 Å². The molecule has 0 aromatic carbocycles. The lowest BCUT2D eigenvalue weighted by molar-refractivity contribution is 0.371. The number of rotatable bonds is 20. The van der Waals surface area contributed by atoms with Gasteiger partial charge < -0.3 is 9.79 Å². The second-order valence-electron chi connectivity index (χ2n) is 8.70. The Morgan fingerprint density at radius 1 is 0.844 bits per heavy atom. The summed E-state index contributed by atoms with van der Waals surface area (Å²) in [7, 11) is -7.90. The Morgan fingerprint density at radius 2 is 1.31 bits per heavy atom. The smallest absolute Gasteiger partial charge is 0.324 e. The standard InChI is InChI=1S/C23H43N2O5PS/c1-2-3-4-5-6-7-8-9-10-11-12-13-14-15-16-20-32(29,30)25-23-22(18-17-19-24-23)21-31(26,27)28/h17-19H,2-16,20-21H2,1H3,(H,24,25)(H2,26,27,28). The molecule has 0 saturated heterocycles. The monoisotopic (exact) mass is 490 g/mol. The van der Waals surface area contributed by atoms with Crippen LogP contribution in [0.1, 0.15) is 109 Å². The van der Waals surface area contributed by atoms with E-state index in [9.17, 15) is 13.0 Å². The molecule has 0 atom stereocenters. The number of nitrogens with one attached hydrogen (secondary N) is 1. The molecule has 0 aliphatic heterocycles. The summed E-state index contributed by atoms with van der Waals surface area (Å²) in [6.45, 7) is 2.25. The van der Waals surface area contributed by atoms with Crippen LogP contribution in [0.2, 0.25) is 0 Å². The fourth-order valence-corrected chi connectivity index (χ4v) is 5.61. The predicted octanol–water partition coefficient (Wildman–Crippen LogP) is 6.37. The van der Waals surface area contributed by atoms with Crippen molar-refractivity contribution in [1.82, 2.24) is 4.98 Å². The lowest BCUT2D eigenvalue weighted by Crippen LogP contribution is -2.18. The third kappa shape index (κ3) is 15.8. The Kier molecular flexibility index (Phi) is 15.1. The van der Waals surface area contributed by atoms with Gasteiger partial charge in [-0.15, -0.1) is 0 Å². The van der Waals surface area contributed by atoms with Crippen LogP contribution in [-0.2, 0) is 20.8 Å². The quantitative estimate of drug-likeness (QED) is 0.144. The highest BCUT2D eigenvalue weighted by atomic mass is 32.2. The highest BCUT2D eigenvalue weighted by Gasteiger charge is 2.20. The van der Waals surface area contributed by atoms with E-state index in [-0.39, 0.29) is 17.1 Å². The van der Waals surface area contributed by atoms with Gasteiger partial charge in [-0.2, -0.15) is 0 Å². The van der Waals surface area contributed by atoms with E-state index < -0.39 is 23.8 Å². The number of sulfonamides is 1. The van der Waals surface area contributed by atoms with Crippen molar-refractivity contribution in [2.75, 3.05) is 10.5 Å². The second kappa shape index (κ2) is 16.6. The summed E-state index contributed by atoms with van der Waals surface area (Å²) in [4.78, 5) is 22.2. The van der Waals surface area contributed by atoms with Crippen LogP contribution in [0.25, 0.3) is 0 Å². The number of hydrogen-bond donors (Lipinski definition) is 3. The normalized spacial score (nSPS) is 12.2. The molecule has 0 unspecified atom stereocenters. The fourth-order valence-electron chi connectivity index (χ4n) is 3.74. The molecule has 32 heavy (non-hydrogen) atoms. The lowest BCUT2D eigenvalue weighted by Gasteiger charge is -2.12. The van der Waals surface area contributed by atoms with Crippen molar-refractivity contribution in [1.29, 1.82) is 0 Å². The van der Waals surface area contributed by atoms with Gasteiger partial charge in [0.05, 0.1) is 11.9 Å². The molecule has 0 radical (unpaired) electrons. The summed E-state index contributed by atoms with van der Waals surface area (Å²) in [6.07, 6.45) is 19.1. The van der Waals surface area contributed by atoms with Crippen molar-refractivity contribution >= 4 is 23.4 Å². The van der Waals surface area contributed by atoms with Gasteiger partial charge in [-0.1, -0.05) is 103 Å². The molecule has 1 rings (SSSR count). The van der Waals surface area contributed by atoms with Crippen molar-refractivity contribution in [3.63, 3.8) is 0 Å². The first-order valence-electron chi connectivity index (χ1n) is 12.2. The zero-order valence-corrected chi connectivity index (χ0v) is 21.4. The summed E-state index contributed by atoms with van der Waals surface area (Å²) in [5.74, 6) is -0.0197. The minimum absolute atomic E-state index is 0.00298. The molecule has 0 spiro atoms. The van der Waals surface area contributed by atoms with E-state index in [1.54, 1.807) is 0 Å². The summed E-state index contributed by atoms with van der Waals surface area (Å²) in [5.41, 5.74) is 0.195. The van der Waals surface area contributed by atoms with Crippen molar-refractivity contribution in [2.45, 2.75) is 109 Å². The zero-order valence-electron chi connectivity index (χ0n) is 19.7. The summed E-state index contributed by atoms with van der Waals surface area (Å²) in [5, 5.41) is 0. The number of hydrogen-bond acceptors (Lipinski definition) is 4. The maximum atomic E-state index is 12.3. The number of nitrogens with zero attached hydrogens (tertiary/aromatic N) is 1. The molecule has 0 saturated carbocycles. The molecular formula is C23H43N2O5PS. The molecule has 0 bridgehead atoms. The number of pyridine rings is 1. The molecule has 0 aliphatic rings. The molecule has 7 nitrogen and oxygen atoms in total. The Balaban J connectivity index is 2.09. The topological polar surface area (TPSA) is 117 Å². The molecular weight excluding hydrogens is 447 g/mol. The molecule has 1 heterocycles. The van der Waals surface area contributed by atoms with Crippen LogP contribution in [-0.4, -0.2) is 28.9 Å². The first kappa shape index (κ1) is 29.1. The molecule has 0 aliphatic carbocycles. The summed E-state index contributed by atoms with van der Waals surface area (Å²) >= 11 is 0. The predicted molar refractivity (Wildman–Crippen MR) is 132 cm³/mol. The van der Waals surface area contributed by atoms with Crippen LogP contribution >= 0.6 is 7.60 Å². The maximum absolute atomic E-state index is 12.3. The van der Waals surface area contributed by atoms with Crippen molar-refractivity contribution < 1.29 is 22.8 Å². The van der Waals surface area contributed by atoms with Crippen LogP contribution < -0.4 is 4.72 Å². The Labute approximate surface area is 195 Å². The van der Waals surface area contributed by atoms with Crippen LogP contribution in [0, 0.1) is 0 Å². The van der Waals surface area contributed by atoms with Gasteiger partial charge in [-0.05, 0) is 12.5 Å². The molecule has 1 aromatic heterocycles. The molecule has 0 fully saturated rings. The number of aromatic nitrogens is 1. The summed E-state index contributed by atoms with van der Waals surface area (Å²) < 4.78 is 38.2. The molecule has 0 amide bonds. The Morgan fingerprint density at radius 3 is 1.78 bits per heavy atom. The number of unbranched alkanes of at least 4 members (excludes halogenated alkanes) is 14. The first-order chi connectivity index (χ1) is 15.2. The summed E-state index contributed by atoms with van der Waals surface area (Å²) in [6, 6.07) is 3.00. The van der Waals surface area contributed by atoms with Gasteiger partial charge in [0.15, 0.2) is 0 Å². The molecule has 9 heteroatoms. The van der Waals surface area contributed by atoms with Gasteiger partial charge in [-0.25, -0.2) is 13.4 Å². The maximum Gasteiger partial charge on any atom is 0.330 e. The first-order valence-corrected chi connectivity index (χ1v) is 15.7. The minimum atomic E-state index is -4.31. The van der Waals surface area contributed by atoms with Crippen molar-refractivity contribution in [3.8, 4) is 0 Å². The van der Waals surface area contributed by atoms with Gasteiger partial charge in [0.25, 0.3) is 0 Å². The highest BCUT2D eigenvalue weighted by molar-refractivity contribution is 7.92. The fraction of sp³-hybridized carbons (Fsp3) is 0.783. The van der Waals surface area contributed by atoms with Crippen LogP contribution in [0.5, 0.6) is 0 Å². The van der Waals surface area contributed by atoms with Gasteiger partial charge in [0, 0.05) is 11.8 Å². The van der Waals surface area contributed by atoms with E-state index in [1.807, 2.05) is 0 Å². The van der Waals surface area contributed by atoms with E-state index in [0.717, 1.165) is 19.3 Å². The van der Waals surface area contributed by atoms with Gasteiger partial charge in [0.1, 0.15) is 5.82 Å². The minimum Gasteiger partial charge on any atom is -0.324 e. The third-order valence-corrected chi connectivity index (χ3v) is 7.62. The van der Waals surface area contributed by atoms with E-state index >= 15 is 0 Å².